The van der Waals surface area contributed by atoms with Crippen LogP contribution in [0.5, 0.6) is 5.75 Å². The standard InChI is InChI=1S/C30H24N2O6S/c1-20-10-8-9-15-25(20)31-29(33)26-27(32(37-28(26)30(31)34)22-11-4-2-5-12-22)21-16-18-23(19-17-21)38-39(35,36)24-13-6-3-7-14-24/h2-19,26-28H,1H3/t26-,27-,28+/m1/s1. The van der Waals surface area contributed by atoms with E-state index < -0.39 is 34.1 Å². The zero-order valence-electron chi connectivity index (χ0n) is 20.9. The van der Waals surface area contributed by atoms with E-state index in [9.17, 15) is 18.0 Å². The van der Waals surface area contributed by atoms with E-state index in [0.29, 0.717) is 16.9 Å². The van der Waals surface area contributed by atoms with E-state index in [4.69, 9.17) is 9.02 Å². The van der Waals surface area contributed by atoms with Crippen LogP contribution < -0.4 is 14.1 Å². The highest BCUT2D eigenvalue weighted by Crippen LogP contribution is 2.48. The maximum atomic E-state index is 13.8. The number of aryl methyl sites for hydroxylation is 1. The van der Waals surface area contributed by atoms with Gasteiger partial charge in [0, 0.05) is 0 Å². The quantitative estimate of drug-likeness (QED) is 0.256. The Labute approximate surface area is 226 Å². The van der Waals surface area contributed by atoms with E-state index in [-0.39, 0.29) is 16.6 Å². The van der Waals surface area contributed by atoms with Crippen LogP contribution in [0.25, 0.3) is 0 Å². The SMILES string of the molecule is Cc1ccccc1N1C(=O)[C@H]2[C@H](ON(c3ccccc3)[C@@H]2c2ccc(OS(=O)(=O)c3ccccc3)cc2)C1=O. The van der Waals surface area contributed by atoms with Gasteiger partial charge in [-0.05, 0) is 60.5 Å². The summed E-state index contributed by atoms with van der Waals surface area (Å²) in [6, 6.07) is 30.2. The van der Waals surface area contributed by atoms with Crippen molar-refractivity contribution in [1.29, 1.82) is 0 Å². The second kappa shape index (κ2) is 9.68. The third-order valence-corrected chi connectivity index (χ3v) is 8.20. The summed E-state index contributed by atoms with van der Waals surface area (Å²) >= 11 is 0. The fraction of sp³-hybridized carbons (Fsp3) is 0.133. The predicted octanol–water partition coefficient (Wildman–Crippen LogP) is 4.81. The highest BCUT2D eigenvalue weighted by atomic mass is 32.2. The molecule has 0 aromatic heterocycles. The summed E-state index contributed by atoms with van der Waals surface area (Å²) in [5, 5.41) is 1.59. The molecular weight excluding hydrogens is 516 g/mol. The van der Waals surface area contributed by atoms with Crippen molar-refractivity contribution in [3.63, 3.8) is 0 Å². The average Bonchev–Trinajstić information content (AvgIpc) is 3.46. The van der Waals surface area contributed by atoms with Gasteiger partial charge < -0.3 is 4.18 Å². The molecule has 0 radical (unpaired) electrons. The van der Waals surface area contributed by atoms with Gasteiger partial charge in [-0.25, -0.2) is 9.96 Å². The fourth-order valence-corrected chi connectivity index (χ4v) is 6.04. The Balaban J connectivity index is 1.35. The monoisotopic (exact) mass is 540 g/mol. The first-order valence-corrected chi connectivity index (χ1v) is 13.8. The second-order valence-corrected chi connectivity index (χ2v) is 10.9. The van der Waals surface area contributed by atoms with E-state index in [2.05, 4.69) is 0 Å². The number of nitrogens with zero attached hydrogens (tertiary/aromatic N) is 2. The number of carbonyl (C=O) groups excluding carboxylic acids is 2. The van der Waals surface area contributed by atoms with Gasteiger partial charge in [0.25, 0.3) is 5.91 Å². The van der Waals surface area contributed by atoms with Gasteiger partial charge in [-0.2, -0.15) is 8.42 Å². The molecule has 0 N–H and O–H groups in total. The van der Waals surface area contributed by atoms with Crippen molar-refractivity contribution < 1.29 is 27.0 Å². The zero-order chi connectivity index (χ0) is 27.1. The maximum absolute atomic E-state index is 13.8. The van der Waals surface area contributed by atoms with E-state index >= 15 is 0 Å². The van der Waals surface area contributed by atoms with Crippen LogP contribution in [0, 0.1) is 12.8 Å². The summed E-state index contributed by atoms with van der Waals surface area (Å²) < 4.78 is 30.7. The minimum Gasteiger partial charge on any atom is -0.379 e. The average molecular weight is 541 g/mol. The van der Waals surface area contributed by atoms with Gasteiger partial charge in [-0.15, -0.1) is 0 Å². The summed E-state index contributed by atoms with van der Waals surface area (Å²) in [5.74, 6) is -1.46. The van der Waals surface area contributed by atoms with Crippen LogP contribution in [0.4, 0.5) is 11.4 Å². The molecule has 2 aliphatic rings. The lowest BCUT2D eigenvalue weighted by atomic mass is 9.90. The summed E-state index contributed by atoms with van der Waals surface area (Å²) in [6.45, 7) is 1.85. The number of hydroxylamine groups is 1. The topological polar surface area (TPSA) is 93.2 Å². The summed E-state index contributed by atoms with van der Waals surface area (Å²) in [5.41, 5.74) is 2.69. The molecule has 0 spiro atoms. The van der Waals surface area contributed by atoms with E-state index in [0.717, 1.165) is 5.56 Å². The van der Waals surface area contributed by atoms with Gasteiger partial charge in [0.15, 0.2) is 6.10 Å². The number of amides is 2. The number of fused-ring (bicyclic) bond motifs is 1. The van der Waals surface area contributed by atoms with Crippen molar-refractivity contribution in [3.8, 4) is 5.75 Å². The smallest absolute Gasteiger partial charge is 0.339 e. The molecule has 0 saturated carbocycles. The Morgan fingerprint density at radius 2 is 1.36 bits per heavy atom. The van der Waals surface area contributed by atoms with Gasteiger partial charge in [0.2, 0.25) is 5.91 Å². The first-order chi connectivity index (χ1) is 18.8. The first-order valence-electron chi connectivity index (χ1n) is 12.4. The highest BCUT2D eigenvalue weighted by Gasteiger charge is 2.60. The van der Waals surface area contributed by atoms with E-state index in [1.807, 2.05) is 49.4 Å². The van der Waals surface area contributed by atoms with Crippen molar-refractivity contribution in [2.45, 2.75) is 24.0 Å². The zero-order valence-corrected chi connectivity index (χ0v) is 21.7. The molecule has 2 saturated heterocycles. The molecule has 2 amide bonds. The lowest BCUT2D eigenvalue weighted by molar-refractivity contribution is -0.126. The summed E-state index contributed by atoms with van der Waals surface area (Å²) in [7, 11) is -4.01. The van der Waals surface area contributed by atoms with Crippen LogP contribution in [0.1, 0.15) is 17.2 Å². The van der Waals surface area contributed by atoms with Crippen LogP contribution in [0.2, 0.25) is 0 Å². The van der Waals surface area contributed by atoms with Crippen molar-refractivity contribution in [3.05, 3.63) is 120 Å². The Morgan fingerprint density at radius 3 is 2.03 bits per heavy atom. The van der Waals surface area contributed by atoms with Crippen molar-refractivity contribution in [2.24, 2.45) is 5.92 Å². The lowest BCUT2D eigenvalue weighted by Gasteiger charge is -2.29. The van der Waals surface area contributed by atoms with Gasteiger partial charge >= 0.3 is 10.1 Å². The van der Waals surface area contributed by atoms with Gasteiger partial charge in [-0.3, -0.25) is 14.4 Å². The molecule has 2 aliphatic heterocycles. The summed E-state index contributed by atoms with van der Waals surface area (Å²) in [6.07, 6.45) is -1.00. The predicted molar refractivity (Wildman–Crippen MR) is 144 cm³/mol. The normalized spacial score (nSPS) is 20.8. The molecule has 3 atom stereocenters. The van der Waals surface area contributed by atoms with Gasteiger partial charge in [-0.1, -0.05) is 66.7 Å². The first kappa shape index (κ1) is 24.8. The van der Waals surface area contributed by atoms with Crippen molar-refractivity contribution in [2.75, 3.05) is 9.96 Å². The molecule has 2 fully saturated rings. The molecule has 4 aromatic rings. The Kier molecular flexibility index (Phi) is 6.17. The number of carbonyl (C=O) groups is 2. The van der Waals surface area contributed by atoms with Crippen LogP contribution in [0.15, 0.2) is 114 Å². The largest absolute Gasteiger partial charge is 0.379 e. The minimum atomic E-state index is -4.01. The molecule has 39 heavy (non-hydrogen) atoms. The molecule has 9 heteroatoms. The fourth-order valence-electron chi connectivity index (χ4n) is 5.09. The number of anilines is 2. The molecule has 6 rings (SSSR count). The number of benzene rings is 4. The van der Waals surface area contributed by atoms with Crippen molar-refractivity contribution >= 4 is 33.3 Å². The molecule has 0 aliphatic carbocycles. The third kappa shape index (κ3) is 4.35. The van der Waals surface area contributed by atoms with Crippen LogP contribution in [0.3, 0.4) is 0 Å². The molecule has 2 heterocycles. The molecule has 0 bridgehead atoms. The lowest BCUT2D eigenvalue weighted by Crippen LogP contribution is -2.37. The Hall–Kier alpha value is -4.47. The highest BCUT2D eigenvalue weighted by molar-refractivity contribution is 7.87. The van der Waals surface area contributed by atoms with E-state index in [1.165, 1.54) is 29.2 Å². The van der Waals surface area contributed by atoms with Crippen LogP contribution in [-0.4, -0.2) is 26.3 Å². The molecular formula is C30H24N2O6S. The van der Waals surface area contributed by atoms with Crippen LogP contribution in [-0.2, 0) is 24.5 Å². The van der Waals surface area contributed by atoms with Gasteiger partial charge in [0.1, 0.15) is 16.6 Å². The molecule has 8 nitrogen and oxygen atoms in total. The number of rotatable bonds is 6. The second-order valence-electron chi connectivity index (χ2n) is 9.38. The summed E-state index contributed by atoms with van der Waals surface area (Å²) in [4.78, 5) is 34.8. The molecule has 4 aromatic carbocycles. The number of hydrogen-bond donors (Lipinski definition) is 0. The van der Waals surface area contributed by atoms with Crippen molar-refractivity contribution in [1.82, 2.24) is 0 Å². The Bertz CT molecular complexity index is 1640. The maximum Gasteiger partial charge on any atom is 0.339 e. The Morgan fingerprint density at radius 1 is 0.744 bits per heavy atom. The number of hydrogen-bond acceptors (Lipinski definition) is 7. The van der Waals surface area contributed by atoms with E-state index in [1.54, 1.807) is 47.5 Å². The number of para-hydroxylation sites is 2. The number of imide groups is 1. The minimum absolute atomic E-state index is 0.0442. The van der Waals surface area contributed by atoms with Crippen LogP contribution >= 0.6 is 0 Å². The molecule has 0 unspecified atom stereocenters. The molecule has 196 valence electrons. The third-order valence-electron chi connectivity index (χ3n) is 6.94. The van der Waals surface area contributed by atoms with Gasteiger partial charge in [0.05, 0.1) is 17.4 Å².